The second-order valence-electron chi connectivity index (χ2n) is 4.28. The molecule has 4 heteroatoms. The molecule has 0 aliphatic rings. The van der Waals surface area contributed by atoms with Crippen LogP contribution in [0.5, 0.6) is 5.75 Å². The van der Waals surface area contributed by atoms with E-state index in [0.29, 0.717) is 0 Å². The molecule has 3 nitrogen and oxygen atoms in total. The molecule has 0 aliphatic heterocycles. The van der Waals surface area contributed by atoms with E-state index < -0.39 is 6.10 Å². The number of hydrogen-bond acceptors (Lipinski definition) is 4. The molecule has 2 rings (SSSR count). The maximum absolute atomic E-state index is 11.9. The van der Waals surface area contributed by atoms with E-state index in [2.05, 4.69) is 0 Å². The van der Waals surface area contributed by atoms with Crippen molar-refractivity contribution in [2.75, 3.05) is 7.11 Å². The molecule has 20 heavy (non-hydrogen) atoms. The second-order valence-corrected chi connectivity index (χ2v) is 5.41. The van der Waals surface area contributed by atoms with Crippen LogP contribution in [0.4, 0.5) is 0 Å². The van der Waals surface area contributed by atoms with E-state index in [0.717, 1.165) is 28.0 Å². The highest BCUT2D eigenvalue weighted by molar-refractivity contribution is 8.13. The van der Waals surface area contributed by atoms with E-state index in [1.807, 2.05) is 54.6 Å². The molecule has 1 atom stereocenters. The standard InChI is InChI=1S/C16H16O3S/c1-19-13-7-9-14(10-8-13)20-16(18)11-15(17)12-5-3-2-4-6-12/h2-10,15,17H,11H2,1H3. The average Bonchev–Trinajstić information content (AvgIpc) is 2.49. The van der Waals surface area contributed by atoms with Crippen molar-refractivity contribution in [2.24, 2.45) is 0 Å². The van der Waals surface area contributed by atoms with Crippen molar-refractivity contribution in [2.45, 2.75) is 17.4 Å². The Hall–Kier alpha value is -1.78. The van der Waals surface area contributed by atoms with Gasteiger partial charge in [0.05, 0.1) is 13.2 Å². The number of rotatable bonds is 5. The Bertz CT molecular complexity index is 552. The Morgan fingerprint density at radius 2 is 1.80 bits per heavy atom. The van der Waals surface area contributed by atoms with Crippen LogP contribution < -0.4 is 4.74 Å². The summed E-state index contributed by atoms with van der Waals surface area (Å²) in [4.78, 5) is 12.8. The number of aliphatic hydroxyl groups excluding tert-OH is 1. The maximum Gasteiger partial charge on any atom is 0.196 e. The second kappa shape index (κ2) is 7.12. The third kappa shape index (κ3) is 4.11. The average molecular weight is 288 g/mol. The number of carbonyl (C=O) groups excluding carboxylic acids is 1. The molecule has 0 amide bonds. The van der Waals surface area contributed by atoms with Crippen molar-refractivity contribution < 1.29 is 14.6 Å². The Kier molecular flexibility index (Phi) is 5.21. The summed E-state index contributed by atoms with van der Waals surface area (Å²) in [6, 6.07) is 16.5. The van der Waals surface area contributed by atoms with E-state index in [9.17, 15) is 9.90 Å². The Morgan fingerprint density at radius 1 is 1.15 bits per heavy atom. The molecule has 0 radical (unpaired) electrons. The van der Waals surface area contributed by atoms with Crippen molar-refractivity contribution in [3.8, 4) is 5.75 Å². The number of methoxy groups -OCH3 is 1. The first-order valence-electron chi connectivity index (χ1n) is 6.27. The molecular weight excluding hydrogens is 272 g/mol. The minimum atomic E-state index is -0.755. The molecule has 0 heterocycles. The van der Waals surface area contributed by atoms with Gasteiger partial charge in [0.2, 0.25) is 0 Å². The number of carbonyl (C=O) groups is 1. The highest BCUT2D eigenvalue weighted by Crippen LogP contribution is 2.26. The highest BCUT2D eigenvalue weighted by Gasteiger charge is 2.13. The summed E-state index contributed by atoms with van der Waals surface area (Å²) in [5, 5.41) is 9.93. The van der Waals surface area contributed by atoms with Crippen LogP contribution in [0.2, 0.25) is 0 Å². The van der Waals surface area contributed by atoms with Crippen LogP contribution in [0.1, 0.15) is 18.1 Å². The summed E-state index contributed by atoms with van der Waals surface area (Å²) < 4.78 is 5.06. The predicted octanol–water partition coefficient (Wildman–Crippen LogP) is 3.44. The highest BCUT2D eigenvalue weighted by atomic mass is 32.2. The number of thioether (sulfide) groups is 1. The zero-order chi connectivity index (χ0) is 14.4. The molecular formula is C16H16O3S. The van der Waals surface area contributed by atoms with Gasteiger partial charge in [0, 0.05) is 11.3 Å². The number of benzene rings is 2. The predicted molar refractivity (Wildman–Crippen MR) is 79.9 cm³/mol. The number of hydrogen-bond donors (Lipinski definition) is 1. The molecule has 0 spiro atoms. The van der Waals surface area contributed by atoms with Gasteiger partial charge < -0.3 is 9.84 Å². The van der Waals surface area contributed by atoms with Crippen LogP contribution in [-0.4, -0.2) is 17.3 Å². The molecule has 0 saturated heterocycles. The van der Waals surface area contributed by atoms with E-state index in [1.54, 1.807) is 7.11 Å². The maximum atomic E-state index is 11.9. The van der Waals surface area contributed by atoms with Gasteiger partial charge in [-0.2, -0.15) is 0 Å². The van der Waals surface area contributed by atoms with Gasteiger partial charge in [-0.3, -0.25) is 4.79 Å². The fourth-order valence-electron chi connectivity index (χ4n) is 1.77. The van der Waals surface area contributed by atoms with Crippen LogP contribution in [0.25, 0.3) is 0 Å². The number of ether oxygens (including phenoxy) is 1. The van der Waals surface area contributed by atoms with Crippen LogP contribution in [0, 0.1) is 0 Å². The topological polar surface area (TPSA) is 46.5 Å². The Labute approximate surface area is 122 Å². The fourth-order valence-corrected chi connectivity index (χ4v) is 2.54. The molecule has 0 aliphatic carbocycles. The summed E-state index contributed by atoms with van der Waals surface area (Å²) in [7, 11) is 1.60. The summed E-state index contributed by atoms with van der Waals surface area (Å²) in [5.41, 5.74) is 0.760. The minimum Gasteiger partial charge on any atom is -0.497 e. The quantitative estimate of drug-likeness (QED) is 0.856. The molecule has 1 unspecified atom stereocenters. The first kappa shape index (κ1) is 14.6. The number of aliphatic hydroxyl groups is 1. The Morgan fingerprint density at radius 3 is 2.40 bits per heavy atom. The van der Waals surface area contributed by atoms with Gasteiger partial charge >= 0.3 is 0 Å². The monoisotopic (exact) mass is 288 g/mol. The van der Waals surface area contributed by atoms with Crippen LogP contribution in [-0.2, 0) is 4.79 Å². The lowest BCUT2D eigenvalue weighted by molar-refractivity contribution is -0.112. The first-order valence-corrected chi connectivity index (χ1v) is 7.08. The molecule has 2 aromatic rings. The normalized spacial score (nSPS) is 11.9. The van der Waals surface area contributed by atoms with E-state index >= 15 is 0 Å². The van der Waals surface area contributed by atoms with Gasteiger partial charge in [-0.25, -0.2) is 0 Å². The van der Waals surface area contributed by atoms with Gasteiger partial charge in [-0.15, -0.1) is 0 Å². The zero-order valence-electron chi connectivity index (χ0n) is 11.2. The lowest BCUT2D eigenvalue weighted by Crippen LogP contribution is -2.03. The van der Waals surface area contributed by atoms with Gasteiger partial charge in [0.25, 0.3) is 0 Å². The molecule has 1 N–H and O–H groups in total. The van der Waals surface area contributed by atoms with Crippen LogP contribution in [0.3, 0.4) is 0 Å². The third-order valence-electron chi connectivity index (χ3n) is 2.84. The molecule has 0 bridgehead atoms. The zero-order valence-corrected chi connectivity index (χ0v) is 12.0. The molecule has 0 fully saturated rings. The Balaban J connectivity index is 1.91. The summed E-state index contributed by atoms with van der Waals surface area (Å²) in [6.07, 6.45) is -0.657. The summed E-state index contributed by atoms with van der Waals surface area (Å²) in [6.45, 7) is 0. The first-order chi connectivity index (χ1) is 9.69. The lowest BCUT2D eigenvalue weighted by atomic mass is 10.1. The van der Waals surface area contributed by atoms with Gasteiger partial charge in [-0.1, -0.05) is 42.1 Å². The van der Waals surface area contributed by atoms with Gasteiger partial charge in [0.15, 0.2) is 5.12 Å². The van der Waals surface area contributed by atoms with Crippen molar-refractivity contribution in [3.63, 3.8) is 0 Å². The van der Waals surface area contributed by atoms with Crippen LogP contribution >= 0.6 is 11.8 Å². The van der Waals surface area contributed by atoms with E-state index in [1.165, 1.54) is 0 Å². The summed E-state index contributed by atoms with van der Waals surface area (Å²) in [5.74, 6) is 0.756. The minimum absolute atomic E-state index is 0.0634. The SMILES string of the molecule is COc1ccc(SC(=O)CC(O)c2ccccc2)cc1. The molecule has 0 aromatic heterocycles. The van der Waals surface area contributed by atoms with Crippen LogP contribution in [0.15, 0.2) is 59.5 Å². The van der Waals surface area contributed by atoms with Crippen molar-refractivity contribution in [1.82, 2.24) is 0 Å². The summed E-state index contributed by atoms with van der Waals surface area (Å²) >= 11 is 1.13. The third-order valence-corrected chi connectivity index (χ3v) is 3.74. The van der Waals surface area contributed by atoms with Crippen molar-refractivity contribution in [1.29, 1.82) is 0 Å². The van der Waals surface area contributed by atoms with E-state index in [4.69, 9.17) is 4.74 Å². The molecule has 104 valence electrons. The molecule has 0 saturated carbocycles. The fraction of sp³-hybridized carbons (Fsp3) is 0.188. The lowest BCUT2D eigenvalue weighted by Gasteiger charge is -2.09. The van der Waals surface area contributed by atoms with E-state index in [-0.39, 0.29) is 11.5 Å². The molecule has 2 aromatic carbocycles. The van der Waals surface area contributed by atoms with Crippen molar-refractivity contribution in [3.05, 3.63) is 60.2 Å². The van der Waals surface area contributed by atoms with Crippen molar-refractivity contribution >= 4 is 16.9 Å². The smallest absolute Gasteiger partial charge is 0.196 e. The van der Waals surface area contributed by atoms with Gasteiger partial charge in [-0.05, 0) is 29.8 Å². The van der Waals surface area contributed by atoms with Gasteiger partial charge in [0.1, 0.15) is 5.75 Å². The largest absolute Gasteiger partial charge is 0.497 e.